The monoisotopic (exact) mass is 295 g/mol. The number of aryl methyl sites for hydroxylation is 3. The molecule has 0 saturated heterocycles. The van der Waals surface area contributed by atoms with Gasteiger partial charge in [-0.2, -0.15) is 0 Å². The Labute approximate surface area is 131 Å². The van der Waals surface area contributed by atoms with Gasteiger partial charge in [0.05, 0.1) is 13.2 Å². The van der Waals surface area contributed by atoms with Crippen molar-refractivity contribution in [2.24, 2.45) is 0 Å². The fraction of sp³-hybridized carbons (Fsp3) is 0.368. The highest BCUT2D eigenvalue weighted by Gasteiger charge is 2.26. The average Bonchev–Trinajstić information content (AvgIpc) is 2.54. The van der Waals surface area contributed by atoms with Crippen LogP contribution in [0.4, 0.5) is 5.69 Å². The van der Waals surface area contributed by atoms with Crippen molar-refractivity contribution in [3.8, 4) is 11.5 Å². The molecular weight excluding hydrogens is 274 g/mol. The summed E-state index contributed by atoms with van der Waals surface area (Å²) in [5, 5.41) is 0. The highest BCUT2D eigenvalue weighted by Crippen LogP contribution is 2.41. The first-order chi connectivity index (χ1) is 10.7. The second kappa shape index (κ2) is 5.24. The molecule has 0 saturated carbocycles. The van der Waals surface area contributed by atoms with E-state index in [1.807, 2.05) is 0 Å². The molecule has 0 unspecified atom stereocenters. The van der Waals surface area contributed by atoms with Crippen LogP contribution in [0.2, 0.25) is 0 Å². The minimum absolute atomic E-state index is 0.582. The Morgan fingerprint density at radius 3 is 2.45 bits per heavy atom. The van der Waals surface area contributed by atoms with Gasteiger partial charge in [0.1, 0.15) is 0 Å². The van der Waals surface area contributed by atoms with Crippen LogP contribution in [0.25, 0.3) is 0 Å². The molecule has 2 aromatic rings. The zero-order valence-electron chi connectivity index (χ0n) is 13.2. The van der Waals surface area contributed by atoms with E-state index < -0.39 is 0 Å². The van der Waals surface area contributed by atoms with Crippen molar-refractivity contribution < 1.29 is 9.47 Å². The third-order valence-electron chi connectivity index (χ3n) is 4.59. The highest BCUT2D eigenvalue weighted by molar-refractivity contribution is 5.62. The van der Waals surface area contributed by atoms with Gasteiger partial charge in [-0.3, -0.25) is 0 Å². The van der Waals surface area contributed by atoms with Crippen LogP contribution in [0.5, 0.6) is 11.5 Å². The highest BCUT2D eigenvalue weighted by atomic mass is 16.5. The van der Waals surface area contributed by atoms with Gasteiger partial charge in [-0.05, 0) is 43.4 Å². The molecule has 0 amide bonds. The van der Waals surface area contributed by atoms with Gasteiger partial charge >= 0.3 is 0 Å². The van der Waals surface area contributed by atoms with E-state index >= 15 is 0 Å². The van der Waals surface area contributed by atoms with E-state index in [-0.39, 0.29) is 0 Å². The molecular formula is C19H21NO2. The maximum Gasteiger partial charge on any atom is 0.169 e. The lowest BCUT2D eigenvalue weighted by atomic mass is 10.0. The quantitative estimate of drug-likeness (QED) is 0.794. The van der Waals surface area contributed by atoms with E-state index in [0.717, 1.165) is 37.5 Å². The van der Waals surface area contributed by atoms with Crippen LogP contribution in [0.3, 0.4) is 0 Å². The summed E-state index contributed by atoms with van der Waals surface area (Å²) in [6.07, 6.45) is 2.19. The zero-order chi connectivity index (χ0) is 15.1. The van der Waals surface area contributed by atoms with Crippen molar-refractivity contribution >= 4 is 5.69 Å². The third kappa shape index (κ3) is 2.12. The Bertz CT molecular complexity index is 703. The number of hydrogen-bond acceptors (Lipinski definition) is 3. The minimum atomic E-state index is 0.582. The number of nitrogens with zero attached hydrogens (tertiary/aromatic N) is 1. The van der Waals surface area contributed by atoms with Crippen LogP contribution in [0, 0.1) is 13.8 Å². The number of benzene rings is 2. The van der Waals surface area contributed by atoms with Crippen LogP contribution >= 0.6 is 0 Å². The van der Waals surface area contributed by atoms with Crippen molar-refractivity contribution in [1.82, 2.24) is 0 Å². The Morgan fingerprint density at radius 1 is 0.909 bits per heavy atom. The third-order valence-corrected chi connectivity index (χ3v) is 4.59. The smallest absolute Gasteiger partial charge is 0.169 e. The maximum absolute atomic E-state index is 6.10. The first-order valence-corrected chi connectivity index (χ1v) is 7.95. The summed E-state index contributed by atoms with van der Waals surface area (Å²) >= 11 is 0. The zero-order valence-corrected chi connectivity index (χ0v) is 13.2. The second-order valence-electron chi connectivity index (χ2n) is 6.21. The molecule has 0 aliphatic carbocycles. The number of para-hydroxylation sites is 1. The fourth-order valence-electron chi connectivity index (χ4n) is 3.56. The molecule has 2 heterocycles. The van der Waals surface area contributed by atoms with Gasteiger partial charge in [0, 0.05) is 11.3 Å². The molecule has 2 aliphatic heterocycles. The predicted octanol–water partition coefficient (Wildman–Crippen LogP) is 3.98. The molecule has 3 heteroatoms. The summed E-state index contributed by atoms with van der Waals surface area (Å²) in [5.41, 5.74) is 6.37. The van der Waals surface area contributed by atoms with Gasteiger partial charge in [0.25, 0.3) is 0 Å². The van der Waals surface area contributed by atoms with E-state index in [1.54, 1.807) is 0 Å². The number of ether oxygens (including phenoxy) is 2. The van der Waals surface area contributed by atoms with Crippen molar-refractivity contribution in [3.63, 3.8) is 0 Å². The topological polar surface area (TPSA) is 21.7 Å². The standard InChI is InChI=1S/C19H21NO2/c1-13-5-3-6-14(2)17(13)20-11-16-9-8-15-7-4-10-21-18(15)19(16)22-12-20/h3,5-6,8-9H,4,7,10-12H2,1-2H3. The first-order valence-electron chi connectivity index (χ1n) is 7.95. The van der Waals surface area contributed by atoms with Crippen molar-refractivity contribution in [1.29, 1.82) is 0 Å². The van der Waals surface area contributed by atoms with Crippen molar-refractivity contribution in [3.05, 3.63) is 52.6 Å². The molecule has 0 N–H and O–H groups in total. The molecule has 0 bridgehead atoms. The van der Waals surface area contributed by atoms with E-state index in [2.05, 4.69) is 49.1 Å². The van der Waals surface area contributed by atoms with Crippen LogP contribution in [0.1, 0.15) is 28.7 Å². The average molecular weight is 295 g/mol. The Balaban J connectivity index is 1.70. The van der Waals surface area contributed by atoms with Crippen LogP contribution in [-0.4, -0.2) is 13.3 Å². The molecule has 0 aromatic heterocycles. The molecule has 0 atom stereocenters. The normalized spacial score (nSPS) is 16.4. The predicted molar refractivity (Wildman–Crippen MR) is 87.9 cm³/mol. The van der Waals surface area contributed by atoms with Crippen LogP contribution in [-0.2, 0) is 13.0 Å². The lowest BCUT2D eigenvalue weighted by Crippen LogP contribution is -2.33. The summed E-state index contributed by atoms with van der Waals surface area (Å²) in [5.74, 6) is 1.93. The molecule has 0 spiro atoms. The minimum Gasteiger partial charge on any atom is -0.489 e. The lowest BCUT2D eigenvalue weighted by molar-refractivity contribution is 0.238. The SMILES string of the molecule is Cc1cccc(C)c1N1COc2c(ccc3c2OCCC3)C1. The van der Waals surface area contributed by atoms with E-state index in [1.165, 1.54) is 27.9 Å². The molecule has 0 fully saturated rings. The van der Waals surface area contributed by atoms with Gasteiger partial charge in [-0.25, -0.2) is 0 Å². The van der Waals surface area contributed by atoms with Crippen LogP contribution < -0.4 is 14.4 Å². The van der Waals surface area contributed by atoms with Crippen molar-refractivity contribution in [2.45, 2.75) is 33.2 Å². The summed E-state index contributed by atoms with van der Waals surface area (Å²) in [7, 11) is 0. The van der Waals surface area contributed by atoms with Gasteiger partial charge in [0.2, 0.25) is 0 Å². The van der Waals surface area contributed by atoms with Gasteiger partial charge in [0.15, 0.2) is 18.2 Å². The van der Waals surface area contributed by atoms with Crippen LogP contribution in [0.15, 0.2) is 30.3 Å². The molecule has 4 rings (SSSR count). The molecule has 3 nitrogen and oxygen atoms in total. The molecule has 2 aliphatic rings. The second-order valence-corrected chi connectivity index (χ2v) is 6.21. The summed E-state index contributed by atoms with van der Waals surface area (Å²) in [4.78, 5) is 2.31. The molecule has 0 radical (unpaired) electrons. The van der Waals surface area contributed by atoms with E-state index in [4.69, 9.17) is 9.47 Å². The molecule has 114 valence electrons. The fourth-order valence-corrected chi connectivity index (χ4v) is 3.56. The summed E-state index contributed by atoms with van der Waals surface area (Å²) in [6, 6.07) is 10.8. The van der Waals surface area contributed by atoms with Gasteiger partial charge < -0.3 is 14.4 Å². The largest absolute Gasteiger partial charge is 0.489 e. The van der Waals surface area contributed by atoms with Gasteiger partial charge in [-0.15, -0.1) is 0 Å². The van der Waals surface area contributed by atoms with E-state index in [9.17, 15) is 0 Å². The first kappa shape index (κ1) is 13.5. The Hall–Kier alpha value is -2.16. The number of hydrogen-bond donors (Lipinski definition) is 0. The molecule has 2 aromatic carbocycles. The Morgan fingerprint density at radius 2 is 1.64 bits per heavy atom. The number of fused-ring (bicyclic) bond motifs is 3. The Kier molecular flexibility index (Phi) is 3.21. The number of anilines is 1. The summed E-state index contributed by atoms with van der Waals surface area (Å²) in [6.45, 7) is 6.57. The molecule has 22 heavy (non-hydrogen) atoms. The maximum atomic E-state index is 6.10. The van der Waals surface area contributed by atoms with Crippen molar-refractivity contribution in [2.75, 3.05) is 18.2 Å². The summed E-state index contributed by atoms with van der Waals surface area (Å²) < 4.78 is 12.0. The van der Waals surface area contributed by atoms with Gasteiger partial charge in [-0.1, -0.05) is 30.3 Å². The van der Waals surface area contributed by atoms with E-state index in [0.29, 0.717) is 6.73 Å². The number of rotatable bonds is 1. The lowest BCUT2D eigenvalue weighted by Gasteiger charge is -2.34.